The predicted octanol–water partition coefficient (Wildman–Crippen LogP) is 2.80. The lowest BCUT2D eigenvalue weighted by Gasteiger charge is -2.41. The van der Waals surface area contributed by atoms with Crippen LogP contribution in [-0.2, 0) is 16.0 Å². The van der Waals surface area contributed by atoms with Crippen LogP contribution in [0.25, 0.3) is 0 Å². The summed E-state index contributed by atoms with van der Waals surface area (Å²) in [5.41, 5.74) is 1.99. The van der Waals surface area contributed by atoms with E-state index >= 15 is 0 Å². The van der Waals surface area contributed by atoms with Crippen molar-refractivity contribution in [3.8, 4) is 23.0 Å². The highest BCUT2D eigenvalue weighted by Crippen LogP contribution is 2.51. The molecule has 45 heavy (non-hydrogen) atoms. The van der Waals surface area contributed by atoms with Crippen LogP contribution in [0.3, 0.4) is 0 Å². The number of nitrogens with one attached hydrogen (secondary N) is 1. The number of aliphatic hydroxyl groups excluding tert-OH is 2. The second-order valence-electron chi connectivity index (χ2n) is 11.8. The molecule has 5 rings (SSSR count). The van der Waals surface area contributed by atoms with Crippen LogP contribution in [0.5, 0.6) is 23.0 Å². The zero-order valence-corrected chi connectivity index (χ0v) is 26.0. The number of ether oxygens (including phenoxy) is 4. The summed E-state index contributed by atoms with van der Waals surface area (Å²) in [4.78, 5) is 41.1. The van der Waals surface area contributed by atoms with Gasteiger partial charge in [-0.3, -0.25) is 14.4 Å². The molecular formula is C34H42N2O9. The molecule has 242 valence electrons. The minimum Gasteiger partial charge on any atom is -0.497 e. The lowest BCUT2D eigenvalue weighted by atomic mass is 9.77. The topological polar surface area (TPSA) is 144 Å². The van der Waals surface area contributed by atoms with Gasteiger partial charge in [0.25, 0.3) is 0 Å². The van der Waals surface area contributed by atoms with Gasteiger partial charge in [0, 0.05) is 36.2 Å². The van der Waals surface area contributed by atoms with Crippen molar-refractivity contribution in [3.05, 3.63) is 58.7 Å². The molecule has 0 aromatic heterocycles. The van der Waals surface area contributed by atoms with Crippen molar-refractivity contribution in [2.45, 2.75) is 62.7 Å². The zero-order valence-electron chi connectivity index (χ0n) is 26.0. The summed E-state index contributed by atoms with van der Waals surface area (Å²) in [5, 5.41) is 24.1. The van der Waals surface area contributed by atoms with E-state index in [0.29, 0.717) is 53.3 Å². The van der Waals surface area contributed by atoms with Crippen molar-refractivity contribution >= 4 is 18.1 Å². The fraction of sp³-hybridized carbons (Fsp3) is 0.500. The molecular weight excluding hydrogens is 580 g/mol. The maximum Gasteiger partial charge on any atom is 0.247 e. The number of hydrogen-bond donors (Lipinski definition) is 3. The summed E-state index contributed by atoms with van der Waals surface area (Å²) >= 11 is 0. The Labute approximate surface area is 263 Å². The Balaban J connectivity index is 1.55. The number of amides is 2. The number of aliphatic hydroxyl groups is 2. The first-order valence-electron chi connectivity index (χ1n) is 15.5. The molecule has 0 bridgehead atoms. The number of hydrogen-bond acceptors (Lipinski definition) is 9. The Morgan fingerprint density at radius 1 is 1.07 bits per heavy atom. The molecule has 0 radical (unpaired) electrons. The number of benzene rings is 2. The monoisotopic (exact) mass is 622 g/mol. The first-order chi connectivity index (χ1) is 21.8. The van der Waals surface area contributed by atoms with Crippen molar-refractivity contribution in [3.63, 3.8) is 0 Å². The van der Waals surface area contributed by atoms with E-state index in [4.69, 9.17) is 18.9 Å². The van der Waals surface area contributed by atoms with E-state index in [-0.39, 0.29) is 37.1 Å². The third kappa shape index (κ3) is 6.64. The molecule has 1 heterocycles. The molecule has 2 amide bonds. The fourth-order valence-electron chi connectivity index (χ4n) is 6.90. The largest absolute Gasteiger partial charge is 0.497 e. The molecule has 2 aromatic carbocycles. The molecule has 11 nitrogen and oxygen atoms in total. The van der Waals surface area contributed by atoms with Crippen LogP contribution in [0.1, 0.15) is 59.5 Å². The van der Waals surface area contributed by atoms with E-state index < -0.39 is 30.1 Å². The fourth-order valence-corrected chi connectivity index (χ4v) is 6.90. The van der Waals surface area contributed by atoms with E-state index in [1.165, 1.54) is 7.11 Å². The maximum absolute atomic E-state index is 14.1. The highest BCUT2D eigenvalue weighted by molar-refractivity contribution is 5.96. The van der Waals surface area contributed by atoms with Gasteiger partial charge in [-0.05, 0) is 67.2 Å². The number of methoxy groups -OCH3 is 3. The van der Waals surface area contributed by atoms with Gasteiger partial charge in [0.15, 0.2) is 11.5 Å². The van der Waals surface area contributed by atoms with Crippen LogP contribution < -0.4 is 24.3 Å². The Kier molecular flexibility index (Phi) is 10.3. The van der Waals surface area contributed by atoms with E-state index in [0.717, 1.165) is 31.2 Å². The Morgan fingerprint density at radius 2 is 1.82 bits per heavy atom. The maximum atomic E-state index is 14.1. The molecule has 2 aromatic rings. The summed E-state index contributed by atoms with van der Waals surface area (Å²) in [7, 11) is 4.62. The van der Waals surface area contributed by atoms with Crippen LogP contribution in [-0.4, -0.2) is 92.5 Å². The lowest BCUT2D eigenvalue weighted by Crippen LogP contribution is -2.56. The van der Waals surface area contributed by atoms with Crippen LogP contribution in [0.2, 0.25) is 0 Å². The number of nitrogens with zero attached hydrogens (tertiary/aromatic N) is 1. The summed E-state index contributed by atoms with van der Waals surface area (Å²) < 4.78 is 22.8. The highest BCUT2D eigenvalue weighted by atomic mass is 16.5. The summed E-state index contributed by atoms with van der Waals surface area (Å²) in [6.07, 6.45) is 5.05. The lowest BCUT2D eigenvalue weighted by molar-refractivity contribution is -0.138. The normalized spacial score (nSPS) is 22.0. The molecule has 3 N–H and O–H groups in total. The summed E-state index contributed by atoms with van der Waals surface area (Å²) in [5.74, 6) is 0.896. The molecule has 3 aliphatic rings. The van der Waals surface area contributed by atoms with Crippen molar-refractivity contribution in [1.29, 1.82) is 0 Å². The van der Waals surface area contributed by atoms with Gasteiger partial charge in [-0.15, -0.1) is 0 Å². The number of carbonyl (C=O) groups excluding carboxylic acids is 3. The van der Waals surface area contributed by atoms with Gasteiger partial charge < -0.3 is 39.4 Å². The number of fused-ring (bicyclic) bond motifs is 3. The van der Waals surface area contributed by atoms with Gasteiger partial charge in [0.1, 0.15) is 30.0 Å². The third-order valence-corrected chi connectivity index (χ3v) is 9.14. The molecule has 1 saturated carbocycles. The summed E-state index contributed by atoms with van der Waals surface area (Å²) in [6.45, 7) is -0.00230. The third-order valence-electron chi connectivity index (χ3n) is 9.14. The molecule has 0 unspecified atom stereocenters. The van der Waals surface area contributed by atoms with Crippen LogP contribution >= 0.6 is 0 Å². The highest BCUT2D eigenvalue weighted by Gasteiger charge is 2.51. The number of rotatable bonds is 13. The van der Waals surface area contributed by atoms with Crippen molar-refractivity contribution in [2.75, 3.05) is 41.0 Å². The molecule has 0 saturated heterocycles. The Morgan fingerprint density at radius 3 is 2.49 bits per heavy atom. The van der Waals surface area contributed by atoms with Gasteiger partial charge in [0.2, 0.25) is 11.8 Å². The molecule has 2 aliphatic carbocycles. The Bertz CT molecular complexity index is 1430. The smallest absolute Gasteiger partial charge is 0.247 e. The van der Waals surface area contributed by atoms with Crippen LogP contribution in [0, 0.1) is 5.92 Å². The first-order valence-corrected chi connectivity index (χ1v) is 15.5. The van der Waals surface area contributed by atoms with Crippen molar-refractivity contribution in [2.24, 2.45) is 5.92 Å². The zero-order chi connectivity index (χ0) is 32.1. The van der Waals surface area contributed by atoms with Crippen molar-refractivity contribution < 1.29 is 43.5 Å². The van der Waals surface area contributed by atoms with Gasteiger partial charge in [-0.25, -0.2) is 0 Å². The van der Waals surface area contributed by atoms with Gasteiger partial charge in [0.05, 0.1) is 39.9 Å². The van der Waals surface area contributed by atoms with Crippen LogP contribution in [0.15, 0.2) is 42.0 Å². The van der Waals surface area contributed by atoms with Crippen LogP contribution in [0.4, 0.5) is 0 Å². The van der Waals surface area contributed by atoms with Gasteiger partial charge in [-0.2, -0.15) is 0 Å². The van der Waals surface area contributed by atoms with Crippen molar-refractivity contribution in [1.82, 2.24) is 10.2 Å². The molecule has 4 atom stereocenters. The van der Waals surface area contributed by atoms with E-state index in [9.17, 15) is 24.6 Å². The number of aldehydes is 1. The van der Waals surface area contributed by atoms with E-state index in [2.05, 4.69) is 5.32 Å². The second kappa shape index (κ2) is 14.3. The minimum atomic E-state index is -1.21. The average Bonchev–Trinajstić information content (AvgIpc) is 3.72. The second-order valence-corrected chi connectivity index (χ2v) is 11.8. The first kappa shape index (κ1) is 32.3. The quantitative estimate of drug-likeness (QED) is 0.287. The van der Waals surface area contributed by atoms with E-state index in [1.54, 1.807) is 43.4 Å². The van der Waals surface area contributed by atoms with E-state index in [1.807, 2.05) is 12.1 Å². The predicted molar refractivity (Wildman–Crippen MR) is 165 cm³/mol. The Hall–Kier alpha value is -4.09. The standard InChI is InChI=1S/C34H42N2O9/c1-42-23-8-9-27(43-2)22(17-23)10-12-36(29(39)16-20-6-4-5-7-20)26-18-25(34(41)35-11-13-37)30-24-14-21(19-38)15-28(44-3)32(24)45-33(30)31(26)40/h8-9,14-15,17-20,26,30-31,33,37,40H,4-7,10-13,16H2,1-3H3,(H,35,41)/t26-,30+,31+,33+/m1/s1. The molecule has 0 spiro atoms. The minimum absolute atomic E-state index is 0.0200. The molecule has 1 fully saturated rings. The summed E-state index contributed by atoms with van der Waals surface area (Å²) in [6, 6.07) is 7.76. The number of carbonyl (C=O) groups is 3. The van der Waals surface area contributed by atoms with Gasteiger partial charge in [-0.1, -0.05) is 12.8 Å². The SMILES string of the molecule is COc1ccc(OC)c(CCN(C(=O)CC2CCCC2)[C@@H]2C=C(C(=O)NCCO)[C@@H]3c4cc(C=O)cc(OC)c4O[C@@H]3[C@H]2O)c1. The molecule has 1 aliphatic heterocycles. The average molecular weight is 623 g/mol. The van der Waals surface area contributed by atoms with Gasteiger partial charge >= 0.3 is 0 Å². The molecule has 11 heteroatoms.